The molecule has 6 rings (SSSR count). The first-order chi connectivity index (χ1) is 23.3. The van der Waals surface area contributed by atoms with Gasteiger partial charge < -0.3 is 26.5 Å². The fraction of sp³-hybridized carbons (Fsp3) is 0.485. The summed E-state index contributed by atoms with van der Waals surface area (Å²) in [6.45, 7) is 10.2. The van der Waals surface area contributed by atoms with Gasteiger partial charge in [0.25, 0.3) is 0 Å². The third kappa shape index (κ3) is 9.89. The van der Waals surface area contributed by atoms with E-state index >= 15 is 0 Å². The van der Waals surface area contributed by atoms with E-state index in [4.69, 9.17) is 24.4 Å². The second-order valence-electron chi connectivity index (χ2n) is 13.2. The Morgan fingerprint density at radius 3 is 2.46 bits per heavy atom. The summed E-state index contributed by atoms with van der Waals surface area (Å²) in [5.74, 6) is 1.33. The number of carbonyl (C=O) groups excluding carboxylic acids is 1. The molecule has 3 aromatic heterocycles. The fourth-order valence-corrected chi connectivity index (χ4v) is 7.58. The number of hydrogen-bond acceptors (Lipinski definition) is 8. The summed E-state index contributed by atoms with van der Waals surface area (Å²) < 4.78 is 24.4. The molecule has 17 heteroatoms. The number of hydrogen-bond donors (Lipinski definition) is 0. The van der Waals surface area contributed by atoms with Gasteiger partial charge in [-0.25, -0.2) is 13.9 Å². The van der Waals surface area contributed by atoms with E-state index in [0.717, 1.165) is 44.9 Å². The van der Waals surface area contributed by atoms with Crippen molar-refractivity contribution in [3.8, 4) is 22.9 Å². The molecule has 2 aliphatic rings. The maximum Gasteiger partial charge on any atom is -0.358 e. The van der Waals surface area contributed by atoms with E-state index in [0.29, 0.717) is 51.3 Å². The number of aryl methyl sites for hydroxylation is 2. The number of piperidine rings is 1. The van der Waals surface area contributed by atoms with Crippen molar-refractivity contribution in [2.24, 2.45) is 14.1 Å². The second kappa shape index (κ2) is 18.0. The van der Waals surface area contributed by atoms with Gasteiger partial charge >= 0.3 is 46.5 Å². The largest absolute Gasteiger partial charge is 0.358 e. The molecule has 0 aliphatic carbocycles. The number of amides is 1. The number of rotatable bonds is 3. The number of aromatic nitrogens is 6. The third-order valence-electron chi connectivity index (χ3n) is 8.24. The van der Waals surface area contributed by atoms with Gasteiger partial charge in [0.2, 0.25) is 11.8 Å². The van der Waals surface area contributed by atoms with Crippen LogP contribution in [0.2, 0.25) is 0 Å². The Balaban J connectivity index is 0.00000136. The summed E-state index contributed by atoms with van der Waals surface area (Å²) >= 11 is 8.62. The van der Waals surface area contributed by atoms with Crippen LogP contribution in [0.1, 0.15) is 57.5 Å². The maximum absolute atomic E-state index is 12.6. The summed E-state index contributed by atoms with van der Waals surface area (Å²) in [6, 6.07) is 6.42. The monoisotopic (exact) mass is 997 g/mol. The fourth-order valence-electron chi connectivity index (χ4n) is 6.04. The number of fused-ring (bicyclic) bond motifs is 4. The van der Waals surface area contributed by atoms with Gasteiger partial charge in [0, 0.05) is 58.5 Å². The van der Waals surface area contributed by atoms with Gasteiger partial charge in [0.05, 0.1) is 40.6 Å². The molecule has 0 N–H and O–H groups in total. The van der Waals surface area contributed by atoms with Crippen molar-refractivity contribution in [1.29, 1.82) is 0 Å². The van der Waals surface area contributed by atoms with Crippen LogP contribution >= 0.6 is 55.7 Å². The molecule has 4 aromatic rings. The molecule has 2 atom stereocenters. The molecule has 12 nitrogen and oxygen atoms in total. The van der Waals surface area contributed by atoms with E-state index in [-0.39, 0.29) is 38.9 Å². The summed E-state index contributed by atoms with van der Waals surface area (Å²) in [5.41, 5.74) is 5.36. The van der Waals surface area contributed by atoms with Gasteiger partial charge in [-0.15, -0.1) is 5.10 Å². The normalized spacial score (nSPS) is 17.8. The molecule has 1 aromatic carbocycles. The predicted molar refractivity (Wildman–Crippen MR) is 214 cm³/mol. The smallest absolute Gasteiger partial charge is 0.358 e. The molecule has 2 bridgehead atoms. The number of carbonyl (C=O) groups is 1. The minimum Gasteiger partial charge on any atom is -0.358 e. The van der Waals surface area contributed by atoms with Crippen LogP contribution in [-0.2, 0) is 38.6 Å². The van der Waals surface area contributed by atoms with Crippen LogP contribution in [0.25, 0.3) is 34.2 Å². The zero-order valence-electron chi connectivity index (χ0n) is 29.9. The van der Waals surface area contributed by atoms with Crippen molar-refractivity contribution >= 4 is 84.8 Å². The van der Waals surface area contributed by atoms with Crippen LogP contribution < -0.4 is 9.47 Å². The Labute approximate surface area is 330 Å². The second-order valence-corrected chi connectivity index (χ2v) is 29.3. The minimum absolute atomic E-state index is 0. The van der Waals surface area contributed by atoms with Gasteiger partial charge in [-0.2, -0.15) is 10.2 Å². The molecule has 270 valence electrons. The van der Waals surface area contributed by atoms with Gasteiger partial charge in [-0.3, -0.25) is 9.58 Å². The molecule has 0 spiro atoms. The van der Waals surface area contributed by atoms with Crippen LogP contribution in [0.4, 0.5) is 4.79 Å². The first-order valence-corrected chi connectivity index (χ1v) is 34.0. The van der Waals surface area contributed by atoms with Crippen LogP contribution in [0.3, 0.4) is 0 Å². The van der Waals surface area contributed by atoms with Crippen LogP contribution in [0, 0.1) is 7.43 Å². The van der Waals surface area contributed by atoms with E-state index < -0.39 is 5.60 Å². The number of halogens is 3. The molecule has 2 unspecified atom stereocenters. The maximum atomic E-state index is 12.6. The Morgan fingerprint density at radius 2 is 1.80 bits per heavy atom. The topological polar surface area (TPSA) is 105 Å². The molecule has 2 aliphatic heterocycles. The first-order valence-electron chi connectivity index (χ1n) is 16.1. The zero-order chi connectivity index (χ0) is 35.5. The molecule has 50 heavy (non-hydrogen) atoms. The first kappa shape index (κ1) is 41.2. The van der Waals surface area contributed by atoms with Crippen LogP contribution in [0.15, 0.2) is 24.4 Å². The Bertz CT molecular complexity index is 1800. The number of likely N-dealkylation sites (tertiary alicyclic amines) is 1. The number of likely N-dealkylation sites (N-methyl/N-ethyl adjacent to an activating group) is 1. The molecule has 1 amide bonds. The van der Waals surface area contributed by atoms with Crippen molar-refractivity contribution < 1.29 is 32.2 Å². The predicted octanol–water partition coefficient (Wildman–Crippen LogP) is 8.26. The molecular formula is C33H45Br2IN8O4PZn-. The van der Waals surface area contributed by atoms with Gasteiger partial charge in [-0.05, 0) is 86.6 Å². The average molecular weight is 1000 g/mol. The van der Waals surface area contributed by atoms with Gasteiger partial charge in [0.15, 0.2) is 0 Å². The van der Waals surface area contributed by atoms with Crippen molar-refractivity contribution in [3.05, 3.63) is 48.8 Å². The van der Waals surface area contributed by atoms with Crippen molar-refractivity contribution in [1.82, 2.24) is 38.9 Å². The van der Waals surface area contributed by atoms with E-state index in [2.05, 4.69) is 104 Å². The van der Waals surface area contributed by atoms with E-state index in [1.54, 1.807) is 9.58 Å². The summed E-state index contributed by atoms with van der Waals surface area (Å²) in [4.78, 5) is 16.6. The Kier molecular flexibility index (Phi) is 14.8. The van der Waals surface area contributed by atoms with Crippen LogP contribution in [0.5, 0.6) is 11.8 Å². The molecule has 1 saturated heterocycles. The quantitative estimate of drug-likeness (QED) is 0.0876. The van der Waals surface area contributed by atoms with Gasteiger partial charge in [0.1, 0.15) is 17.8 Å². The number of nitrogens with zero attached hydrogens (tertiary/aromatic N) is 8. The van der Waals surface area contributed by atoms with Crippen molar-refractivity contribution in [2.75, 3.05) is 26.7 Å². The van der Waals surface area contributed by atoms with Crippen molar-refractivity contribution in [2.45, 2.75) is 64.9 Å². The minimum atomic E-state index is -0.522. The summed E-state index contributed by atoms with van der Waals surface area (Å²) in [7, 11) is 5.96. The standard InChI is InChI=1S/C32H42IN8O4P.CH3.2BrH.Zn/c1-20-18-37(5)19-28-23(29(36-38(28)6)44-22-12-14-40(15-13-22)31(42)45-32(2,3)4)9-10-26-24-16-21(8-11-27(24)41(35-26)46-33)25-17-34-39(7)30(25)43-20;;;;/h8-11,16-17,20,22,46H,12-15,18-19H2,1-7H3;1H3;2*1H;/q;-1;;;+2/p-2/b10-9+;;;;. The van der Waals surface area contributed by atoms with Gasteiger partial charge in [-0.1, -0.05) is 6.07 Å². The van der Waals surface area contributed by atoms with Crippen molar-refractivity contribution in [3.63, 3.8) is 0 Å². The Morgan fingerprint density at radius 1 is 1.10 bits per heavy atom. The third-order valence-corrected chi connectivity index (χ3v) is 10.1. The zero-order valence-corrected chi connectivity index (χ0v) is 39.2. The number of benzene rings is 1. The van der Waals surface area contributed by atoms with E-state index in [1.807, 2.05) is 50.2 Å². The average Bonchev–Trinajstić information content (AvgIpc) is 3.67. The van der Waals surface area contributed by atoms with E-state index in [9.17, 15) is 4.79 Å². The Hall–Kier alpha value is -1.58. The molecule has 0 saturated carbocycles. The number of ether oxygens (including phenoxy) is 3. The summed E-state index contributed by atoms with van der Waals surface area (Å²) in [5, 5.41) is 15.4. The van der Waals surface area contributed by atoms with E-state index in [1.165, 1.54) is 0 Å². The molecule has 1 fully saturated rings. The molecule has 0 radical (unpaired) electrons. The SMILES string of the molecule is CC1CN(C)Cc2c(c(OC3CCN(C(=O)OC(C)(C)C)CC3)nn2C)/C=C/c2nn(PI)c3ccc(cc23)-c2cnn(C)c2O1.[Br][Zn][Br].[CH3-]. The van der Waals surface area contributed by atoms with Crippen LogP contribution in [-0.4, -0.2) is 89.5 Å². The molecule has 5 heterocycles. The molecular weight excluding hydrogens is 955 g/mol. The summed E-state index contributed by atoms with van der Waals surface area (Å²) in [6.07, 6.45) is 7.45.